The van der Waals surface area contributed by atoms with E-state index in [1.807, 2.05) is 20.8 Å². The number of hydrogen-bond donors (Lipinski definition) is 0. The largest absolute Gasteiger partial charge is 0.463 e. The Labute approximate surface area is 155 Å². The molecule has 0 heterocycles. The number of ether oxygens (including phenoxy) is 3. The Morgan fingerprint density at radius 2 is 1.15 bits per heavy atom. The highest BCUT2D eigenvalue weighted by Crippen LogP contribution is 2.18. The van der Waals surface area contributed by atoms with Crippen LogP contribution in [0, 0.1) is 5.41 Å². The topological polar surface area (TPSA) is 96.0 Å². The zero-order valence-electron chi connectivity index (χ0n) is 16.6. The van der Waals surface area contributed by atoms with Crippen molar-refractivity contribution in [1.82, 2.24) is 0 Å². The van der Waals surface area contributed by atoms with Gasteiger partial charge in [-0.2, -0.15) is 0 Å². The fraction of sp³-hybridized carbons (Fsp3) is 0.789. The molecular formula is C19H32O7. The van der Waals surface area contributed by atoms with Gasteiger partial charge in [0.1, 0.15) is 19.0 Å². The molecule has 7 heteroatoms. The molecule has 0 aliphatic heterocycles. The van der Waals surface area contributed by atoms with E-state index >= 15 is 0 Å². The van der Waals surface area contributed by atoms with Crippen molar-refractivity contribution in [3.05, 3.63) is 0 Å². The fourth-order valence-corrected chi connectivity index (χ4v) is 1.92. The summed E-state index contributed by atoms with van der Waals surface area (Å²) in [5.74, 6) is -1.10. The molecule has 0 radical (unpaired) electrons. The molecular weight excluding hydrogens is 340 g/mol. The maximum absolute atomic E-state index is 11.7. The van der Waals surface area contributed by atoms with Gasteiger partial charge in [-0.15, -0.1) is 0 Å². The van der Waals surface area contributed by atoms with Gasteiger partial charge in [-0.3, -0.25) is 19.2 Å². The zero-order chi connectivity index (χ0) is 20.2. The molecule has 0 aliphatic rings. The molecule has 0 rings (SSSR count). The fourth-order valence-electron chi connectivity index (χ4n) is 1.92. The van der Waals surface area contributed by atoms with Gasteiger partial charge in [-0.05, 0) is 26.7 Å². The van der Waals surface area contributed by atoms with E-state index < -0.39 is 17.4 Å². The van der Waals surface area contributed by atoms with E-state index in [9.17, 15) is 19.2 Å². The van der Waals surface area contributed by atoms with Gasteiger partial charge in [-0.25, -0.2) is 0 Å². The smallest absolute Gasteiger partial charge is 0.306 e. The second kappa shape index (κ2) is 12.4. The molecule has 26 heavy (non-hydrogen) atoms. The number of ketones is 1. The van der Waals surface area contributed by atoms with Gasteiger partial charge in [0.15, 0.2) is 0 Å². The summed E-state index contributed by atoms with van der Waals surface area (Å²) in [6.45, 7) is 9.00. The lowest BCUT2D eigenvalue weighted by atomic mass is 9.88. The van der Waals surface area contributed by atoms with Crippen LogP contribution in [-0.4, -0.2) is 43.0 Å². The Morgan fingerprint density at radius 3 is 1.58 bits per heavy atom. The summed E-state index contributed by atoms with van der Waals surface area (Å²) in [4.78, 5) is 46.0. The summed E-state index contributed by atoms with van der Waals surface area (Å²) >= 11 is 0. The molecule has 0 saturated heterocycles. The Hall–Kier alpha value is -1.92. The minimum atomic E-state index is -0.450. The van der Waals surface area contributed by atoms with Gasteiger partial charge in [0, 0.05) is 31.1 Å². The number of hydrogen-bond acceptors (Lipinski definition) is 7. The number of Topliss-reactive ketones (excluding diaryl/α,β-unsaturated/α-hetero) is 1. The lowest BCUT2D eigenvalue weighted by molar-refractivity contribution is -0.153. The van der Waals surface area contributed by atoms with Gasteiger partial charge >= 0.3 is 17.9 Å². The van der Waals surface area contributed by atoms with Crippen LogP contribution in [0.2, 0.25) is 0 Å². The van der Waals surface area contributed by atoms with Crippen LogP contribution in [0.1, 0.15) is 73.1 Å². The molecule has 0 aromatic rings. The van der Waals surface area contributed by atoms with Crippen molar-refractivity contribution < 1.29 is 33.4 Å². The third kappa shape index (κ3) is 13.4. The van der Waals surface area contributed by atoms with Crippen LogP contribution in [0.3, 0.4) is 0 Å². The summed E-state index contributed by atoms with van der Waals surface area (Å²) in [6, 6.07) is 0. The lowest BCUT2D eigenvalue weighted by Gasteiger charge is -2.15. The Bertz CT molecular complexity index is 475. The first-order valence-electron chi connectivity index (χ1n) is 9.06. The minimum Gasteiger partial charge on any atom is -0.463 e. The number of carbonyl (C=O) groups excluding carboxylic acids is 4. The number of carbonyl (C=O) groups is 4. The predicted octanol–water partition coefficient (Wildman–Crippen LogP) is 2.98. The van der Waals surface area contributed by atoms with Crippen molar-refractivity contribution >= 4 is 23.7 Å². The first kappa shape index (κ1) is 24.1. The first-order valence-corrected chi connectivity index (χ1v) is 9.06. The Kier molecular flexibility index (Phi) is 11.5. The van der Waals surface area contributed by atoms with Crippen LogP contribution in [0.15, 0.2) is 0 Å². The molecule has 0 amide bonds. The molecule has 150 valence electrons. The normalized spacial score (nSPS) is 11.2. The van der Waals surface area contributed by atoms with Gasteiger partial charge < -0.3 is 14.2 Å². The van der Waals surface area contributed by atoms with Gasteiger partial charge in [-0.1, -0.05) is 20.8 Å². The van der Waals surface area contributed by atoms with Crippen molar-refractivity contribution in [3.8, 4) is 0 Å². The van der Waals surface area contributed by atoms with Crippen LogP contribution < -0.4 is 0 Å². The Balaban J connectivity index is 3.66. The molecule has 0 spiro atoms. The van der Waals surface area contributed by atoms with Crippen LogP contribution in [0.25, 0.3) is 0 Å². The van der Waals surface area contributed by atoms with E-state index in [2.05, 4.69) is 0 Å². The minimum absolute atomic E-state index is 0.0207. The lowest BCUT2D eigenvalue weighted by Crippen LogP contribution is -2.20. The predicted molar refractivity (Wildman–Crippen MR) is 95.3 cm³/mol. The molecule has 0 bridgehead atoms. The van der Waals surface area contributed by atoms with E-state index in [-0.39, 0.29) is 50.3 Å². The van der Waals surface area contributed by atoms with Crippen LogP contribution in [0.4, 0.5) is 0 Å². The van der Waals surface area contributed by atoms with E-state index in [0.29, 0.717) is 19.3 Å². The average Bonchev–Trinajstić information content (AvgIpc) is 2.49. The summed E-state index contributed by atoms with van der Waals surface area (Å²) in [5.41, 5.74) is -0.399. The summed E-state index contributed by atoms with van der Waals surface area (Å²) in [7, 11) is 0. The van der Waals surface area contributed by atoms with Crippen molar-refractivity contribution in [1.29, 1.82) is 0 Å². The highest BCUT2D eigenvalue weighted by atomic mass is 16.6. The van der Waals surface area contributed by atoms with E-state index in [1.54, 1.807) is 13.8 Å². The Morgan fingerprint density at radius 1 is 0.731 bits per heavy atom. The molecule has 0 aromatic carbocycles. The number of rotatable bonds is 12. The standard InChI is InChI=1S/C19H32O7/c1-14(2)26-18(23)11-7-10-17(22)25-13-12-24-16(21)9-6-8-15(20)19(3,4)5/h14H,6-13H2,1-5H3. The van der Waals surface area contributed by atoms with Crippen LogP contribution in [0.5, 0.6) is 0 Å². The zero-order valence-corrected chi connectivity index (χ0v) is 16.6. The number of esters is 3. The molecule has 0 aromatic heterocycles. The molecule has 7 nitrogen and oxygen atoms in total. The van der Waals surface area contributed by atoms with Crippen molar-refractivity contribution in [2.24, 2.45) is 5.41 Å². The summed E-state index contributed by atoms with van der Waals surface area (Å²) in [6.07, 6.45) is 1.40. The van der Waals surface area contributed by atoms with E-state index in [0.717, 1.165) is 0 Å². The maximum Gasteiger partial charge on any atom is 0.306 e. The highest BCUT2D eigenvalue weighted by molar-refractivity contribution is 5.84. The second-order valence-corrected chi connectivity index (χ2v) is 7.36. The van der Waals surface area contributed by atoms with Gasteiger partial charge in [0.2, 0.25) is 0 Å². The van der Waals surface area contributed by atoms with Gasteiger partial charge in [0.05, 0.1) is 6.10 Å². The molecule has 0 unspecified atom stereocenters. The van der Waals surface area contributed by atoms with Crippen molar-refractivity contribution in [3.63, 3.8) is 0 Å². The average molecular weight is 372 g/mol. The van der Waals surface area contributed by atoms with Crippen molar-refractivity contribution in [2.75, 3.05) is 13.2 Å². The quantitative estimate of drug-likeness (QED) is 0.295. The molecule has 0 atom stereocenters. The van der Waals surface area contributed by atoms with E-state index in [1.165, 1.54) is 0 Å². The monoisotopic (exact) mass is 372 g/mol. The SMILES string of the molecule is CC(C)OC(=O)CCCC(=O)OCCOC(=O)CCCC(=O)C(C)(C)C. The third-order valence-electron chi connectivity index (χ3n) is 3.36. The van der Waals surface area contributed by atoms with Crippen LogP contribution in [-0.2, 0) is 33.4 Å². The molecule has 0 aliphatic carbocycles. The third-order valence-corrected chi connectivity index (χ3v) is 3.36. The summed E-state index contributed by atoms with van der Waals surface area (Å²) < 4.78 is 14.8. The highest BCUT2D eigenvalue weighted by Gasteiger charge is 2.20. The van der Waals surface area contributed by atoms with Crippen molar-refractivity contribution in [2.45, 2.75) is 79.2 Å². The second-order valence-electron chi connectivity index (χ2n) is 7.36. The molecule has 0 fully saturated rings. The molecule has 0 saturated carbocycles. The summed E-state index contributed by atoms with van der Waals surface area (Å²) in [5, 5.41) is 0. The van der Waals surface area contributed by atoms with Gasteiger partial charge in [0.25, 0.3) is 0 Å². The molecule has 0 N–H and O–H groups in total. The maximum atomic E-state index is 11.7. The van der Waals surface area contributed by atoms with Crippen LogP contribution >= 0.6 is 0 Å². The van der Waals surface area contributed by atoms with E-state index in [4.69, 9.17) is 14.2 Å². The first-order chi connectivity index (χ1) is 12.0.